The van der Waals surface area contributed by atoms with E-state index < -0.39 is 0 Å². The van der Waals surface area contributed by atoms with E-state index in [0.717, 1.165) is 24.1 Å². The molecule has 0 radical (unpaired) electrons. The van der Waals surface area contributed by atoms with Gasteiger partial charge in [0.1, 0.15) is 5.82 Å². The molecule has 2 aromatic heterocycles. The van der Waals surface area contributed by atoms with Gasteiger partial charge in [0.25, 0.3) is 5.56 Å². The molecule has 28 heavy (non-hydrogen) atoms. The predicted molar refractivity (Wildman–Crippen MR) is 111 cm³/mol. The summed E-state index contributed by atoms with van der Waals surface area (Å²) >= 11 is 7.38. The zero-order valence-electron chi connectivity index (χ0n) is 15.3. The van der Waals surface area contributed by atoms with Gasteiger partial charge >= 0.3 is 0 Å². The van der Waals surface area contributed by atoms with Gasteiger partial charge in [-0.1, -0.05) is 54.9 Å². The molecule has 2 heterocycles. The average Bonchev–Trinajstić information content (AvgIpc) is 3.08. The van der Waals surface area contributed by atoms with Crippen molar-refractivity contribution in [2.24, 2.45) is 0 Å². The molecule has 0 saturated carbocycles. The molecule has 0 aliphatic carbocycles. The first-order valence-corrected chi connectivity index (χ1v) is 10.2. The van der Waals surface area contributed by atoms with Crippen molar-refractivity contribution in [2.45, 2.75) is 31.5 Å². The van der Waals surface area contributed by atoms with Crippen LogP contribution in [0.1, 0.15) is 24.6 Å². The highest BCUT2D eigenvalue weighted by Crippen LogP contribution is 2.18. The van der Waals surface area contributed by atoms with Crippen molar-refractivity contribution in [3.05, 3.63) is 69.2 Å². The molecule has 0 aliphatic rings. The number of thioether (sulfide) groups is 1. The van der Waals surface area contributed by atoms with E-state index in [9.17, 15) is 9.59 Å². The Hall–Kier alpha value is -2.58. The van der Waals surface area contributed by atoms with Crippen LogP contribution in [0.3, 0.4) is 0 Å². The monoisotopic (exact) mass is 417 g/mol. The van der Waals surface area contributed by atoms with Crippen molar-refractivity contribution in [3.8, 4) is 0 Å². The number of halogens is 1. The molecule has 7 nitrogen and oxygen atoms in total. The fraction of sp³-hybridized carbons (Fsp3) is 0.263. The molecular formula is C19H20ClN5O2S. The summed E-state index contributed by atoms with van der Waals surface area (Å²) in [6.45, 7) is 2.47. The van der Waals surface area contributed by atoms with Gasteiger partial charge in [-0.05, 0) is 18.1 Å². The second kappa shape index (κ2) is 9.57. The molecule has 0 unspecified atom stereocenters. The zero-order chi connectivity index (χ0) is 19.9. The number of nitrogens with zero attached hydrogens (tertiary/aromatic N) is 3. The lowest BCUT2D eigenvalue weighted by molar-refractivity contribution is -0.113. The van der Waals surface area contributed by atoms with Gasteiger partial charge in [-0.15, -0.1) is 0 Å². The van der Waals surface area contributed by atoms with Crippen LogP contribution in [0.5, 0.6) is 0 Å². The fourth-order valence-corrected chi connectivity index (χ4v) is 3.49. The first-order chi connectivity index (χ1) is 13.5. The number of carbonyl (C=O) groups is 1. The Kier molecular flexibility index (Phi) is 6.89. The molecule has 1 amide bonds. The standard InChI is InChI=1S/C19H20ClN5O2S/c1-2-5-14-10-17(26)24-19(22-14)28-12-18(27)23-16-8-9-21-25(16)11-13-6-3-4-7-15(13)20/h3-4,6-10H,2,5,11-12H2,1H3,(H,23,27)(H,22,24,26). The topological polar surface area (TPSA) is 92.7 Å². The Balaban J connectivity index is 1.61. The summed E-state index contributed by atoms with van der Waals surface area (Å²) in [7, 11) is 0. The van der Waals surface area contributed by atoms with Crippen LogP contribution in [0.25, 0.3) is 0 Å². The van der Waals surface area contributed by atoms with E-state index >= 15 is 0 Å². The normalized spacial score (nSPS) is 10.8. The number of carbonyl (C=O) groups excluding carboxylic acids is 1. The molecular weight excluding hydrogens is 398 g/mol. The smallest absolute Gasteiger partial charge is 0.251 e. The Morgan fingerprint density at radius 1 is 1.32 bits per heavy atom. The van der Waals surface area contributed by atoms with Gasteiger partial charge < -0.3 is 10.3 Å². The Morgan fingerprint density at radius 3 is 2.93 bits per heavy atom. The fourth-order valence-electron chi connectivity index (χ4n) is 2.60. The summed E-state index contributed by atoms with van der Waals surface area (Å²) in [4.78, 5) is 31.1. The van der Waals surface area contributed by atoms with E-state index in [4.69, 9.17) is 11.6 Å². The molecule has 2 N–H and O–H groups in total. The Morgan fingerprint density at radius 2 is 2.14 bits per heavy atom. The van der Waals surface area contributed by atoms with Crippen molar-refractivity contribution in [2.75, 3.05) is 11.1 Å². The van der Waals surface area contributed by atoms with Gasteiger partial charge in [0.05, 0.1) is 18.5 Å². The summed E-state index contributed by atoms with van der Waals surface area (Å²) in [5.41, 5.74) is 1.43. The second-order valence-corrected chi connectivity index (χ2v) is 7.47. The number of hydrogen-bond donors (Lipinski definition) is 2. The molecule has 1 aromatic carbocycles. The number of amides is 1. The van der Waals surface area contributed by atoms with Crippen LogP contribution in [0.15, 0.2) is 52.5 Å². The summed E-state index contributed by atoms with van der Waals surface area (Å²) in [6, 6.07) is 10.7. The first kappa shape index (κ1) is 20.2. The highest BCUT2D eigenvalue weighted by Gasteiger charge is 2.11. The first-order valence-electron chi connectivity index (χ1n) is 8.83. The van der Waals surface area contributed by atoms with Crippen molar-refractivity contribution in [1.82, 2.24) is 19.7 Å². The summed E-state index contributed by atoms with van der Waals surface area (Å²) in [5.74, 6) is 0.483. The van der Waals surface area contributed by atoms with Crippen LogP contribution in [0.4, 0.5) is 5.82 Å². The maximum atomic E-state index is 12.3. The SMILES string of the molecule is CCCc1cc(=O)[nH]c(SCC(=O)Nc2ccnn2Cc2ccccc2Cl)n1. The van der Waals surface area contributed by atoms with Crippen LogP contribution in [0, 0.1) is 0 Å². The number of aromatic amines is 1. The lowest BCUT2D eigenvalue weighted by Gasteiger charge is -2.10. The second-order valence-electron chi connectivity index (χ2n) is 6.09. The third kappa shape index (κ3) is 5.46. The summed E-state index contributed by atoms with van der Waals surface area (Å²) in [6.07, 6.45) is 3.24. The van der Waals surface area contributed by atoms with Crippen LogP contribution in [-0.4, -0.2) is 31.4 Å². The van der Waals surface area contributed by atoms with E-state index in [2.05, 4.69) is 20.4 Å². The predicted octanol–water partition coefficient (Wildman–Crippen LogP) is 3.35. The third-order valence-electron chi connectivity index (χ3n) is 3.88. The van der Waals surface area contributed by atoms with E-state index in [0.29, 0.717) is 22.5 Å². The molecule has 146 valence electrons. The number of rotatable bonds is 8. The van der Waals surface area contributed by atoms with E-state index in [1.54, 1.807) is 16.9 Å². The van der Waals surface area contributed by atoms with Crippen molar-refractivity contribution in [3.63, 3.8) is 0 Å². The zero-order valence-corrected chi connectivity index (χ0v) is 16.9. The third-order valence-corrected chi connectivity index (χ3v) is 5.12. The number of nitrogens with one attached hydrogen (secondary N) is 2. The minimum absolute atomic E-state index is 0.121. The van der Waals surface area contributed by atoms with E-state index in [1.807, 2.05) is 31.2 Å². The number of H-pyrrole nitrogens is 1. The number of aromatic nitrogens is 4. The van der Waals surface area contributed by atoms with Gasteiger partial charge in [-0.25, -0.2) is 9.67 Å². The molecule has 0 spiro atoms. The van der Waals surface area contributed by atoms with Crippen LogP contribution in [-0.2, 0) is 17.8 Å². The van der Waals surface area contributed by atoms with Gasteiger partial charge in [0.2, 0.25) is 5.91 Å². The van der Waals surface area contributed by atoms with Gasteiger partial charge in [0, 0.05) is 22.8 Å². The molecule has 0 fully saturated rings. The van der Waals surface area contributed by atoms with Crippen LogP contribution >= 0.6 is 23.4 Å². The minimum Gasteiger partial charge on any atom is -0.310 e. The minimum atomic E-state index is -0.213. The number of aryl methyl sites for hydroxylation is 1. The molecule has 0 saturated heterocycles. The van der Waals surface area contributed by atoms with E-state index in [-0.39, 0.29) is 17.2 Å². The summed E-state index contributed by atoms with van der Waals surface area (Å²) in [5, 5.41) is 8.16. The maximum Gasteiger partial charge on any atom is 0.251 e. The number of benzene rings is 1. The lowest BCUT2D eigenvalue weighted by Crippen LogP contribution is -2.18. The Labute approximate surface area is 171 Å². The molecule has 9 heteroatoms. The molecule has 3 rings (SSSR count). The van der Waals surface area contributed by atoms with Gasteiger partial charge in [-0.2, -0.15) is 5.10 Å². The lowest BCUT2D eigenvalue weighted by atomic mass is 10.2. The molecule has 0 bridgehead atoms. The molecule has 3 aromatic rings. The number of anilines is 1. The summed E-state index contributed by atoms with van der Waals surface area (Å²) < 4.78 is 1.67. The number of hydrogen-bond acceptors (Lipinski definition) is 5. The van der Waals surface area contributed by atoms with Gasteiger partial charge in [-0.3, -0.25) is 9.59 Å². The molecule has 0 atom stereocenters. The Bertz CT molecular complexity index is 1020. The highest BCUT2D eigenvalue weighted by molar-refractivity contribution is 7.99. The van der Waals surface area contributed by atoms with Gasteiger partial charge in [0.15, 0.2) is 5.16 Å². The van der Waals surface area contributed by atoms with Crippen molar-refractivity contribution >= 4 is 35.1 Å². The maximum absolute atomic E-state index is 12.3. The highest BCUT2D eigenvalue weighted by atomic mass is 35.5. The van der Waals surface area contributed by atoms with Crippen molar-refractivity contribution in [1.29, 1.82) is 0 Å². The van der Waals surface area contributed by atoms with Crippen LogP contribution < -0.4 is 10.9 Å². The molecule has 0 aliphatic heterocycles. The van der Waals surface area contributed by atoms with Crippen molar-refractivity contribution < 1.29 is 4.79 Å². The average molecular weight is 418 g/mol. The quantitative estimate of drug-likeness (QED) is 0.433. The van der Waals surface area contributed by atoms with E-state index in [1.165, 1.54) is 17.8 Å². The largest absolute Gasteiger partial charge is 0.310 e. The van der Waals surface area contributed by atoms with Crippen LogP contribution in [0.2, 0.25) is 5.02 Å².